The number of hydrogen-bond acceptors (Lipinski definition) is 4. The molecule has 3 fully saturated rings. The van der Waals surface area contributed by atoms with Crippen LogP contribution in [0.1, 0.15) is 13.8 Å². The summed E-state index contributed by atoms with van der Waals surface area (Å²) in [6, 6.07) is 0. The molecule has 0 radical (unpaired) electrons. The lowest BCUT2D eigenvalue weighted by atomic mass is 10.1. The Bertz CT molecular complexity index is 224. The third-order valence-electron chi connectivity index (χ3n) is 2.72. The summed E-state index contributed by atoms with van der Waals surface area (Å²) in [6.07, 6.45) is 0.506. The lowest BCUT2D eigenvalue weighted by molar-refractivity contribution is -0.176. The summed E-state index contributed by atoms with van der Waals surface area (Å²) >= 11 is 0. The van der Waals surface area contributed by atoms with Crippen molar-refractivity contribution in [1.29, 1.82) is 0 Å². The van der Waals surface area contributed by atoms with Crippen molar-refractivity contribution in [2.24, 2.45) is 0 Å². The van der Waals surface area contributed by atoms with Crippen molar-refractivity contribution in [3.63, 3.8) is 0 Å². The molecule has 0 unspecified atom stereocenters. The molecule has 3 heterocycles. The van der Waals surface area contributed by atoms with E-state index in [4.69, 9.17) is 18.9 Å². The van der Waals surface area contributed by atoms with Gasteiger partial charge in [0.1, 0.15) is 24.4 Å². The van der Waals surface area contributed by atoms with Crippen molar-refractivity contribution in [2.75, 3.05) is 13.2 Å². The van der Waals surface area contributed by atoms with Gasteiger partial charge in [0.15, 0.2) is 5.79 Å². The van der Waals surface area contributed by atoms with Crippen LogP contribution >= 0.6 is 0 Å². The van der Waals surface area contributed by atoms with Crippen LogP contribution in [0.25, 0.3) is 0 Å². The van der Waals surface area contributed by atoms with Crippen LogP contribution < -0.4 is 0 Å². The second kappa shape index (κ2) is 2.45. The van der Waals surface area contributed by atoms with Crippen molar-refractivity contribution in [1.82, 2.24) is 0 Å². The molecule has 0 aromatic carbocycles. The maximum atomic E-state index is 5.76. The van der Waals surface area contributed by atoms with E-state index in [2.05, 4.69) is 0 Å². The van der Waals surface area contributed by atoms with E-state index in [-0.39, 0.29) is 24.4 Å². The molecule has 74 valence electrons. The number of ether oxygens (including phenoxy) is 4. The fourth-order valence-corrected chi connectivity index (χ4v) is 2.14. The topological polar surface area (TPSA) is 40.2 Å². The van der Waals surface area contributed by atoms with Gasteiger partial charge in [0, 0.05) is 0 Å². The Labute approximate surface area is 77.1 Å². The summed E-state index contributed by atoms with van der Waals surface area (Å²) in [5.41, 5.74) is 0. The Morgan fingerprint density at radius 1 is 0.923 bits per heavy atom. The lowest BCUT2D eigenvalue weighted by Crippen LogP contribution is -2.33. The van der Waals surface area contributed by atoms with Crippen LogP contribution in [-0.2, 0) is 18.9 Å². The Morgan fingerprint density at radius 3 is 2.38 bits per heavy atom. The first-order valence-electron chi connectivity index (χ1n) is 4.74. The first kappa shape index (κ1) is 8.17. The van der Waals surface area contributed by atoms with Gasteiger partial charge < -0.3 is 18.9 Å². The number of hydrogen-bond donors (Lipinski definition) is 0. The van der Waals surface area contributed by atoms with Crippen LogP contribution in [0.4, 0.5) is 0 Å². The Kier molecular flexibility index (Phi) is 1.54. The molecule has 0 N–H and O–H groups in total. The minimum atomic E-state index is -0.452. The zero-order valence-corrected chi connectivity index (χ0v) is 7.86. The van der Waals surface area contributed by atoms with Gasteiger partial charge in [-0.25, -0.2) is 0 Å². The second-order valence-electron chi connectivity index (χ2n) is 4.31. The van der Waals surface area contributed by atoms with Gasteiger partial charge in [0.05, 0.1) is 13.2 Å². The zero-order valence-electron chi connectivity index (χ0n) is 7.86. The average molecular weight is 186 g/mol. The molecule has 4 heteroatoms. The molecule has 0 saturated carbocycles. The van der Waals surface area contributed by atoms with E-state index < -0.39 is 5.79 Å². The molecule has 4 nitrogen and oxygen atoms in total. The van der Waals surface area contributed by atoms with Gasteiger partial charge in [-0.2, -0.15) is 0 Å². The number of fused-ring (bicyclic) bond motifs is 1. The van der Waals surface area contributed by atoms with Crippen molar-refractivity contribution < 1.29 is 18.9 Å². The van der Waals surface area contributed by atoms with E-state index in [9.17, 15) is 0 Å². The van der Waals surface area contributed by atoms with Crippen LogP contribution in [0.3, 0.4) is 0 Å². The third kappa shape index (κ3) is 1.29. The molecule has 0 aromatic rings. The maximum Gasteiger partial charge on any atom is 0.164 e. The summed E-state index contributed by atoms with van der Waals surface area (Å²) in [6.45, 7) is 5.32. The second-order valence-corrected chi connectivity index (χ2v) is 4.31. The molecule has 13 heavy (non-hydrogen) atoms. The van der Waals surface area contributed by atoms with Crippen LogP contribution in [0.5, 0.6) is 0 Å². The van der Waals surface area contributed by atoms with Crippen LogP contribution in [0.15, 0.2) is 0 Å². The van der Waals surface area contributed by atoms with Gasteiger partial charge in [-0.05, 0) is 13.8 Å². The molecule has 4 atom stereocenters. The number of rotatable bonds is 1. The highest BCUT2D eigenvalue weighted by Gasteiger charge is 2.55. The van der Waals surface area contributed by atoms with Crippen molar-refractivity contribution in [2.45, 2.75) is 44.1 Å². The summed E-state index contributed by atoms with van der Waals surface area (Å²) in [7, 11) is 0. The quantitative estimate of drug-likeness (QED) is 0.552. The molecule has 0 bridgehead atoms. The maximum absolute atomic E-state index is 5.76. The van der Waals surface area contributed by atoms with Gasteiger partial charge in [-0.1, -0.05) is 0 Å². The van der Waals surface area contributed by atoms with Crippen molar-refractivity contribution in [3.05, 3.63) is 0 Å². The van der Waals surface area contributed by atoms with Gasteiger partial charge in [-0.3, -0.25) is 0 Å². The van der Waals surface area contributed by atoms with E-state index in [0.29, 0.717) is 6.61 Å². The molecule has 0 aliphatic carbocycles. The first-order valence-corrected chi connectivity index (χ1v) is 4.74. The van der Waals surface area contributed by atoms with E-state index in [1.807, 2.05) is 13.8 Å². The molecule has 0 spiro atoms. The minimum absolute atomic E-state index is 0.0718. The van der Waals surface area contributed by atoms with Crippen LogP contribution in [0, 0.1) is 0 Å². The Morgan fingerprint density at radius 2 is 1.69 bits per heavy atom. The summed E-state index contributed by atoms with van der Waals surface area (Å²) in [4.78, 5) is 0. The van der Waals surface area contributed by atoms with E-state index in [0.717, 1.165) is 6.61 Å². The van der Waals surface area contributed by atoms with Gasteiger partial charge in [0.25, 0.3) is 0 Å². The molecule has 3 rings (SSSR count). The van der Waals surface area contributed by atoms with E-state index in [1.165, 1.54) is 0 Å². The molecule has 3 aliphatic rings. The number of epoxide rings is 1. The summed E-state index contributed by atoms with van der Waals surface area (Å²) < 4.78 is 22.2. The standard InChI is InChI=1S/C9H14O4/c1-9(2)12-6-4-11-7(5-3-10-5)8(6)13-9/h5-8H,3-4H2,1-2H3/t5-,6+,7+,8+/m0/s1. The van der Waals surface area contributed by atoms with Crippen molar-refractivity contribution >= 4 is 0 Å². The highest BCUT2D eigenvalue weighted by molar-refractivity contribution is 4.98. The fourth-order valence-electron chi connectivity index (χ4n) is 2.14. The van der Waals surface area contributed by atoms with Crippen LogP contribution in [-0.4, -0.2) is 43.4 Å². The Hall–Kier alpha value is -0.160. The first-order chi connectivity index (χ1) is 6.16. The fraction of sp³-hybridized carbons (Fsp3) is 1.00. The molecule has 3 saturated heterocycles. The predicted octanol–water partition coefficient (Wildman–Crippen LogP) is 0.304. The molecule has 0 amide bonds. The van der Waals surface area contributed by atoms with Gasteiger partial charge >= 0.3 is 0 Å². The smallest absolute Gasteiger partial charge is 0.164 e. The van der Waals surface area contributed by atoms with Crippen molar-refractivity contribution in [3.8, 4) is 0 Å². The highest BCUT2D eigenvalue weighted by atomic mass is 16.8. The highest BCUT2D eigenvalue weighted by Crippen LogP contribution is 2.38. The predicted molar refractivity (Wildman–Crippen MR) is 43.3 cm³/mol. The monoisotopic (exact) mass is 186 g/mol. The molecular weight excluding hydrogens is 172 g/mol. The summed E-state index contributed by atoms with van der Waals surface area (Å²) in [5, 5.41) is 0. The van der Waals surface area contributed by atoms with Gasteiger partial charge in [-0.15, -0.1) is 0 Å². The van der Waals surface area contributed by atoms with Crippen LogP contribution in [0.2, 0.25) is 0 Å². The third-order valence-corrected chi connectivity index (χ3v) is 2.72. The molecule has 0 aromatic heterocycles. The minimum Gasteiger partial charge on any atom is -0.370 e. The molecule has 3 aliphatic heterocycles. The van der Waals surface area contributed by atoms with E-state index >= 15 is 0 Å². The normalized spacial score (nSPS) is 52.2. The average Bonchev–Trinajstić information content (AvgIpc) is 2.72. The largest absolute Gasteiger partial charge is 0.370 e. The van der Waals surface area contributed by atoms with E-state index in [1.54, 1.807) is 0 Å². The van der Waals surface area contributed by atoms with Gasteiger partial charge in [0.2, 0.25) is 0 Å². The zero-order chi connectivity index (χ0) is 9.05. The SMILES string of the molecule is CC1(C)O[C@H]2[C@@H]([C@@H]3CO3)OC[C@H]2O1. The lowest BCUT2D eigenvalue weighted by Gasteiger charge is -2.20. The molecular formula is C9H14O4. The Balaban J connectivity index is 1.76. The summed E-state index contributed by atoms with van der Waals surface area (Å²) in [5.74, 6) is -0.452.